The van der Waals surface area contributed by atoms with Gasteiger partial charge in [-0.2, -0.15) is 0 Å². The molecular weight excluding hydrogens is 478 g/mol. The van der Waals surface area contributed by atoms with Gasteiger partial charge in [0.15, 0.2) is 12.6 Å². The van der Waals surface area contributed by atoms with Gasteiger partial charge < -0.3 is 58.8 Å². The fourth-order valence-electron chi connectivity index (χ4n) is 3.49. The molecule has 1 amide bonds. The number of carbonyl (C=O) groups excluding carboxylic acids is 2. The molecule has 0 bridgehead atoms. The van der Waals surface area contributed by atoms with Crippen LogP contribution in [0.15, 0.2) is 0 Å². The van der Waals surface area contributed by atoms with Gasteiger partial charge in [-0.3, -0.25) is 4.79 Å². The highest BCUT2D eigenvalue weighted by Crippen LogP contribution is 2.30. The van der Waals surface area contributed by atoms with Crippen molar-refractivity contribution in [3.63, 3.8) is 0 Å². The molecule has 4 N–H and O–H groups in total. The Hall–Kier alpha value is -1.19. The molecule has 0 radical (unpaired) electrons. The van der Waals surface area contributed by atoms with Gasteiger partial charge in [-0.1, -0.05) is 17.4 Å². The highest BCUT2D eigenvalue weighted by molar-refractivity contribution is 7.88. The summed E-state index contributed by atoms with van der Waals surface area (Å²) >= 11 is -0.399. The third-order valence-electron chi connectivity index (χ3n) is 4.95. The van der Waals surface area contributed by atoms with Gasteiger partial charge in [-0.05, 0) is 0 Å². The Bertz CT molecular complexity index is 643. The van der Waals surface area contributed by atoms with Crippen molar-refractivity contribution in [1.82, 2.24) is 5.32 Å². The second-order valence-electron chi connectivity index (χ2n) is 7.01. The highest BCUT2D eigenvalue weighted by Gasteiger charge is 2.52. The first-order valence-corrected chi connectivity index (χ1v) is 10.1. The molecule has 2 fully saturated rings. The standard InChI is InChI=1S/C16H27NO15S/c1-5(18)17-7-11(8(19)6(28-15(7)26-3)4-27-31-32-33-24)29-16-10(21)9(20)12(25-2)13(30-16)14(22)23/h6-13,15-16,19-21,24H,4H2,1-3H3,(H,17,18)(H,22,23)/p-2/t6?,7?,8-,9+,10?,11+,12+,13?,15+,16+/m0/s1. The summed E-state index contributed by atoms with van der Waals surface area (Å²) in [6.45, 7) is 0.653. The molecule has 2 saturated heterocycles. The number of ether oxygens (including phenoxy) is 5. The maximum atomic E-state index is 11.7. The topological polar surface area (TPSA) is 227 Å². The Kier molecular flexibility index (Phi) is 11.1. The van der Waals surface area contributed by atoms with Crippen LogP contribution < -0.4 is 10.4 Å². The zero-order chi connectivity index (χ0) is 24.7. The Morgan fingerprint density at radius 2 is 1.73 bits per heavy atom. The third kappa shape index (κ3) is 6.92. The molecule has 2 aliphatic rings. The van der Waals surface area contributed by atoms with E-state index in [1.54, 1.807) is 0 Å². The Morgan fingerprint density at radius 3 is 2.27 bits per heavy atom. The van der Waals surface area contributed by atoms with E-state index in [9.17, 15) is 34.6 Å². The van der Waals surface area contributed by atoms with E-state index in [4.69, 9.17) is 23.7 Å². The molecule has 0 aromatic rings. The molecule has 0 aromatic carbocycles. The molecule has 10 atom stereocenters. The Balaban J connectivity index is 2.26. The van der Waals surface area contributed by atoms with E-state index >= 15 is 0 Å². The predicted octanol–water partition coefficient (Wildman–Crippen LogP) is -4.52. The smallest absolute Gasteiger partial charge is 0.217 e. The third-order valence-corrected chi connectivity index (χ3v) is 5.06. The minimum absolute atomic E-state index is 0.399. The van der Waals surface area contributed by atoms with Crippen LogP contribution in [0, 0.1) is 0 Å². The number of methoxy groups -OCH3 is 2. The van der Waals surface area contributed by atoms with Crippen LogP contribution in [0.1, 0.15) is 6.92 Å². The van der Waals surface area contributed by atoms with Crippen molar-refractivity contribution in [2.24, 2.45) is 0 Å². The number of carbonyl (C=O) groups is 2. The molecule has 17 heteroatoms. The maximum Gasteiger partial charge on any atom is 0.217 e. The van der Waals surface area contributed by atoms with Crippen LogP contribution in [0.3, 0.4) is 0 Å². The number of nitrogens with one attached hydrogen (secondary N) is 1. The fraction of sp³-hybridized carbons (Fsp3) is 0.875. The lowest BCUT2D eigenvalue weighted by Gasteiger charge is -2.47. The number of hydrogen-bond donors (Lipinski definition) is 4. The zero-order valence-corrected chi connectivity index (χ0v) is 18.4. The number of amides is 1. The molecule has 33 heavy (non-hydrogen) atoms. The lowest BCUT2D eigenvalue weighted by Crippen LogP contribution is -2.68. The Morgan fingerprint density at radius 1 is 1.03 bits per heavy atom. The van der Waals surface area contributed by atoms with E-state index in [1.807, 2.05) is 0 Å². The van der Waals surface area contributed by atoms with Crippen LogP contribution in [0.25, 0.3) is 0 Å². The largest absolute Gasteiger partial charge is 0.774 e. The van der Waals surface area contributed by atoms with E-state index in [-0.39, 0.29) is 0 Å². The zero-order valence-electron chi connectivity index (χ0n) is 17.6. The maximum absolute atomic E-state index is 11.7. The molecule has 0 aromatic heterocycles. The van der Waals surface area contributed by atoms with Gasteiger partial charge in [-0.25, -0.2) is 4.89 Å². The van der Waals surface area contributed by atoms with E-state index in [0.717, 1.165) is 7.11 Å². The summed E-state index contributed by atoms with van der Waals surface area (Å²) in [4.78, 5) is 27.7. The fourth-order valence-corrected chi connectivity index (χ4v) is 3.55. The first-order chi connectivity index (χ1) is 15.7. The van der Waals surface area contributed by atoms with Crippen LogP contribution in [0.5, 0.6) is 0 Å². The SMILES string of the molecule is CO[C@@H]1OC(COOOS[O-])[C@H](O)[C@H](O[C@@H]2OC(C(=O)[O-])[C@H](OC)[C@H](O)C2O)C1NC(C)=O. The summed E-state index contributed by atoms with van der Waals surface area (Å²) in [5, 5.41) is 49.4. The number of carboxylic acid groups (broad SMARTS) is 1. The quantitative estimate of drug-likeness (QED) is 0.0901. The average Bonchev–Trinajstić information content (AvgIpc) is 2.77. The van der Waals surface area contributed by atoms with Crippen molar-refractivity contribution < 1.29 is 72.5 Å². The van der Waals surface area contributed by atoms with Gasteiger partial charge in [0.2, 0.25) is 5.91 Å². The summed E-state index contributed by atoms with van der Waals surface area (Å²) in [6.07, 6.45) is -14.3. The lowest BCUT2D eigenvalue weighted by atomic mass is 9.95. The van der Waals surface area contributed by atoms with Crippen molar-refractivity contribution in [3.05, 3.63) is 0 Å². The van der Waals surface area contributed by atoms with Crippen LogP contribution in [0.2, 0.25) is 0 Å². The molecule has 16 nitrogen and oxygen atoms in total. The molecule has 0 aliphatic carbocycles. The number of aliphatic hydroxyl groups is 3. The van der Waals surface area contributed by atoms with E-state index in [0.29, 0.717) is 0 Å². The van der Waals surface area contributed by atoms with Crippen molar-refractivity contribution in [3.8, 4) is 0 Å². The predicted molar refractivity (Wildman–Crippen MR) is 97.1 cm³/mol. The van der Waals surface area contributed by atoms with Crippen LogP contribution >= 0.6 is 12.3 Å². The number of aliphatic carboxylic acids is 1. The van der Waals surface area contributed by atoms with Crippen molar-refractivity contribution in [2.75, 3.05) is 20.8 Å². The van der Waals surface area contributed by atoms with Gasteiger partial charge in [0.25, 0.3) is 0 Å². The van der Waals surface area contributed by atoms with Gasteiger partial charge in [0.1, 0.15) is 55.4 Å². The van der Waals surface area contributed by atoms with Gasteiger partial charge >= 0.3 is 0 Å². The summed E-state index contributed by atoms with van der Waals surface area (Å²) in [6, 6.07) is -1.19. The molecule has 0 saturated carbocycles. The normalized spacial score (nSPS) is 39.2. The van der Waals surface area contributed by atoms with E-state index < -0.39 is 92.2 Å². The minimum atomic E-state index is -1.83. The van der Waals surface area contributed by atoms with Crippen molar-refractivity contribution >= 4 is 24.2 Å². The number of hydrogen-bond acceptors (Lipinski definition) is 16. The molecule has 192 valence electrons. The van der Waals surface area contributed by atoms with E-state index in [1.165, 1.54) is 14.0 Å². The molecular formula is C16H25NO15S-2. The summed E-state index contributed by atoms with van der Waals surface area (Å²) in [5.74, 6) is -2.32. The molecule has 2 heterocycles. The second-order valence-corrected chi connectivity index (χ2v) is 7.28. The lowest BCUT2D eigenvalue weighted by molar-refractivity contribution is -0.471. The van der Waals surface area contributed by atoms with E-state index in [2.05, 4.69) is 19.6 Å². The Labute approximate surface area is 191 Å². The summed E-state index contributed by atoms with van der Waals surface area (Å²) < 4.78 is 40.5. The van der Waals surface area contributed by atoms with Crippen molar-refractivity contribution in [2.45, 2.75) is 68.3 Å². The van der Waals surface area contributed by atoms with Gasteiger partial charge in [-0.15, -0.1) is 4.33 Å². The molecule has 0 spiro atoms. The monoisotopic (exact) mass is 503 g/mol. The van der Waals surface area contributed by atoms with Gasteiger partial charge in [0, 0.05) is 21.1 Å². The molecule has 4 unspecified atom stereocenters. The van der Waals surface area contributed by atoms with Crippen LogP contribution in [-0.2, 0) is 47.5 Å². The number of rotatable bonds is 11. The number of carboxylic acids is 1. The molecule has 2 rings (SSSR count). The molecule has 2 aliphatic heterocycles. The summed E-state index contributed by atoms with van der Waals surface area (Å²) in [7, 11) is 2.33. The summed E-state index contributed by atoms with van der Waals surface area (Å²) in [5.41, 5.74) is 0. The number of aliphatic hydroxyl groups excluding tert-OH is 3. The minimum Gasteiger partial charge on any atom is -0.774 e. The second kappa shape index (κ2) is 13.0. The van der Waals surface area contributed by atoms with Crippen molar-refractivity contribution in [1.29, 1.82) is 0 Å². The first kappa shape index (κ1) is 28.1. The van der Waals surface area contributed by atoms with Gasteiger partial charge in [0.05, 0.1) is 5.97 Å². The van der Waals surface area contributed by atoms with Crippen LogP contribution in [0.4, 0.5) is 0 Å². The first-order valence-electron chi connectivity index (χ1n) is 9.45. The average molecular weight is 503 g/mol. The highest BCUT2D eigenvalue weighted by atomic mass is 32.2. The van der Waals surface area contributed by atoms with Crippen LogP contribution in [-0.4, -0.2) is 114 Å².